The fourth-order valence-electron chi connectivity index (χ4n) is 4.56. The highest BCUT2D eigenvalue weighted by Gasteiger charge is 2.28. The molecule has 0 aromatic carbocycles. The summed E-state index contributed by atoms with van der Waals surface area (Å²) >= 11 is 3.49. The number of fused-ring (bicyclic) bond motifs is 1. The van der Waals surface area contributed by atoms with Crippen molar-refractivity contribution in [2.45, 2.75) is 38.0 Å². The van der Waals surface area contributed by atoms with E-state index >= 15 is 0 Å². The van der Waals surface area contributed by atoms with Crippen LogP contribution in [0, 0.1) is 24.2 Å². The summed E-state index contributed by atoms with van der Waals surface area (Å²) in [5.74, 6) is -0.178. The average molecular weight is 571 g/mol. The Labute approximate surface area is 219 Å². The molecule has 37 heavy (non-hydrogen) atoms. The molecule has 0 saturated carbocycles. The number of piperidine rings is 1. The molecule has 0 aliphatic carbocycles. The van der Waals surface area contributed by atoms with E-state index in [0.29, 0.717) is 40.1 Å². The van der Waals surface area contributed by atoms with Crippen LogP contribution in [0.3, 0.4) is 0 Å². The van der Waals surface area contributed by atoms with Gasteiger partial charge in [-0.15, -0.1) is 5.10 Å². The number of aliphatic hydroxyl groups is 2. The number of halogens is 2. The van der Waals surface area contributed by atoms with Crippen LogP contribution in [-0.4, -0.2) is 70.5 Å². The summed E-state index contributed by atoms with van der Waals surface area (Å²) in [5.41, 5.74) is 3.03. The molecule has 4 aromatic heterocycles. The van der Waals surface area contributed by atoms with Crippen LogP contribution in [0.4, 0.5) is 4.39 Å². The van der Waals surface area contributed by atoms with E-state index in [1.165, 1.54) is 12.1 Å². The number of nitriles is 1. The quantitative estimate of drug-likeness (QED) is 0.321. The van der Waals surface area contributed by atoms with Crippen molar-refractivity contribution >= 4 is 21.4 Å². The summed E-state index contributed by atoms with van der Waals surface area (Å²) in [7, 11) is 0. The van der Waals surface area contributed by atoms with E-state index in [1.807, 2.05) is 11.6 Å². The second-order valence-electron chi connectivity index (χ2n) is 8.85. The molecule has 1 aliphatic rings. The molecule has 1 aliphatic heterocycles. The van der Waals surface area contributed by atoms with Crippen molar-refractivity contribution in [3.05, 3.63) is 58.5 Å². The van der Waals surface area contributed by atoms with Gasteiger partial charge in [-0.05, 0) is 53.9 Å². The van der Waals surface area contributed by atoms with Gasteiger partial charge in [-0.3, -0.25) is 4.98 Å². The summed E-state index contributed by atoms with van der Waals surface area (Å²) in [6.07, 6.45) is 5.84. The van der Waals surface area contributed by atoms with Gasteiger partial charge >= 0.3 is 0 Å². The smallest absolute Gasteiger partial charge is 0.179 e. The Balaban J connectivity index is 1.53. The molecular formula is C24H24BrFN8O3. The Bertz CT molecular complexity index is 1440. The van der Waals surface area contributed by atoms with Gasteiger partial charge in [-0.1, -0.05) is 5.21 Å². The molecule has 0 radical (unpaired) electrons. The fraction of sp³-hybridized carbons (Fsp3) is 0.375. The lowest BCUT2D eigenvalue weighted by molar-refractivity contribution is -0.00335. The summed E-state index contributed by atoms with van der Waals surface area (Å²) in [6, 6.07) is 4.52. The summed E-state index contributed by atoms with van der Waals surface area (Å²) in [6.45, 7) is 2.70. The van der Waals surface area contributed by atoms with Gasteiger partial charge in [0, 0.05) is 24.8 Å². The number of hydrogen-bond donors (Lipinski definition) is 2. The predicted molar refractivity (Wildman–Crippen MR) is 133 cm³/mol. The third-order valence-electron chi connectivity index (χ3n) is 6.52. The lowest BCUT2D eigenvalue weighted by atomic mass is 10.0. The highest BCUT2D eigenvalue weighted by atomic mass is 79.9. The van der Waals surface area contributed by atoms with Gasteiger partial charge in [0.15, 0.2) is 12.3 Å². The van der Waals surface area contributed by atoms with Crippen molar-refractivity contribution in [1.29, 1.82) is 5.26 Å². The Kier molecular flexibility index (Phi) is 7.05. The van der Waals surface area contributed by atoms with Crippen molar-refractivity contribution < 1.29 is 19.3 Å². The largest absolute Gasteiger partial charge is 0.479 e. The molecule has 2 atom stereocenters. The van der Waals surface area contributed by atoms with E-state index in [2.05, 4.69) is 42.5 Å². The number of hydrogen-bond acceptors (Lipinski definition) is 9. The molecule has 1 saturated heterocycles. The number of ether oxygens (including phenoxy) is 1. The van der Waals surface area contributed by atoms with E-state index in [0.717, 1.165) is 24.7 Å². The van der Waals surface area contributed by atoms with E-state index in [-0.39, 0.29) is 11.7 Å². The molecular weight excluding hydrogens is 547 g/mol. The minimum absolute atomic E-state index is 0.137. The first-order valence-electron chi connectivity index (χ1n) is 11.7. The van der Waals surface area contributed by atoms with Gasteiger partial charge in [0.25, 0.3) is 0 Å². The standard InChI is InChI=1S/C24H24BrFN8O3/c1-14-22(30-31-34(14)17-4-6-32(13-27)7-5-17)15-8-21(23-18(25)10-29-33(23)11-15)37-24(20(36)12-35)19-3-2-16(26)9-28-19/h2-3,8-11,17,20,24,35-36H,4-7,12H2,1H3/t20-,24?/m1/s1. The van der Waals surface area contributed by atoms with Gasteiger partial charge in [0.05, 0.1) is 40.9 Å². The van der Waals surface area contributed by atoms with Crippen LogP contribution >= 0.6 is 15.9 Å². The second-order valence-corrected chi connectivity index (χ2v) is 9.71. The first-order valence-corrected chi connectivity index (χ1v) is 12.5. The molecule has 0 spiro atoms. The average Bonchev–Trinajstić information content (AvgIpc) is 3.49. The number of nitrogens with zero attached hydrogens (tertiary/aromatic N) is 8. The number of pyridine rings is 2. The zero-order chi connectivity index (χ0) is 26.1. The third-order valence-corrected chi connectivity index (χ3v) is 7.10. The molecule has 2 N–H and O–H groups in total. The Morgan fingerprint density at radius 1 is 1.30 bits per heavy atom. The van der Waals surface area contributed by atoms with Crippen LogP contribution in [0.5, 0.6) is 5.75 Å². The van der Waals surface area contributed by atoms with E-state index < -0.39 is 24.6 Å². The van der Waals surface area contributed by atoms with Crippen molar-refractivity contribution in [3.63, 3.8) is 0 Å². The predicted octanol–water partition coefficient (Wildman–Crippen LogP) is 2.79. The third kappa shape index (κ3) is 4.87. The van der Waals surface area contributed by atoms with Crippen LogP contribution < -0.4 is 4.74 Å². The number of aliphatic hydroxyl groups excluding tert-OH is 2. The van der Waals surface area contributed by atoms with E-state index in [4.69, 9.17) is 10.00 Å². The maximum Gasteiger partial charge on any atom is 0.179 e. The molecule has 13 heteroatoms. The molecule has 1 unspecified atom stereocenters. The molecule has 192 valence electrons. The normalized spacial score (nSPS) is 16.1. The lowest BCUT2D eigenvalue weighted by Gasteiger charge is -2.28. The van der Waals surface area contributed by atoms with Gasteiger partial charge in [0.2, 0.25) is 0 Å². The molecule has 0 bridgehead atoms. The van der Waals surface area contributed by atoms with E-state index in [9.17, 15) is 14.6 Å². The van der Waals surface area contributed by atoms with Crippen LogP contribution in [-0.2, 0) is 0 Å². The van der Waals surface area contributed by atoms with Gasteiger partial charge in [0.1, 0.15) is 28.9 Å². The SMILES string of the molecule is Cc1c(-c2cc(OC(c3ccc(F)cn3)[C@H](O)CO)c3c(Br)cnn3c2)nnn1C1CCN(C#N)CC1. The van der Waals surface area contributed by atoms with Crippen LogP contribution in [0.15, 0.2) is 41.3 Å². The molecule has 0 amide bonds. The molecule has 1 fully saturated rings. The van der Waals surface area contributed by atoms with E-state index in [1.54, 1.807) is 27.9 Å². The molecule has 5 heterocycles. The number of likely N-dealkylation sites (tertiary alicyclic amines) is 1. The zero-order valence-corrected chi connectivity index (χ0v) is 21.5. The molecule has 5 rings (SSSR count). The van der Waals surface area contributed by atoms with Gasteiger partial charge < -0.3 is 19.8 Å². The van der Waals surface area contributed by atoms with Gasteiger partial charge in [-0.2, -0.15) is 10.4 Å². The summed E-state index contributed by atoms with van der Waals surface area (Å²) in [4.78, 5) is 5.78. The monoisotopic (exact) mass is 570 g/mol. The maximum absolute atomic E-state index is 13.5. The van der Waals surface area contributed by atoms with Crippen LogP contribution in [0.25, 0.3) is 16.8 Å². The molecule has 4 aromatic rings. The van der Waals surface area contributed by atoms with Crippen molar-refractivity contribution in [2.75, 3.05) is 19.7 Å². The number of rotatable bonds is 7. The first-order chi connectivity index (χ1) is 17.9. The Hall–Kier alpha value is -3.60. The highest BCUT2D eigenvalue weighted by Crippen LogP contribution is 2.36. The van der Waals surface area contributed by atoms with Crippen molar-refractivity contribution in [2.24, 2.45) is 0 Å². The Morgan fingerprint density at radius 3 is 2.76 bits per heavy atom. The maximum atomic E-state index is 13.5. The van der Waals surface area contributed by atoms with Crippen molar-refractivity contribution in [1.82, 2.24) is 34.5 Å². The first kappa shape index (κ1) is 25.1. The lowest BCUT2D eigenvalue weighted by Crippen LogP contribution is -2.31. The summed E-state index contributed by atoms with van der Waals surface area (Å²) < 4.78 is 23.9. The van der Waals surface area contributed by atoms with Crippen LogP contribution in [0.2, 0.25) is 0 Å². The van der Waals surface area contributed by atoms with Crippen LogP contribution in [0.1, 0.15) is 36.4 Å². The van der Waals surface area contributed by atoms with Gasteiger partial charge in [-0.25, -0.2) is 13.6 Å². The topological polar surface area (TPSA) is 138 Å². The molecule has 11 nitrogen and oxygen atoms in total. The second kappa shape index (κ2) is 10.4. The minimum Gasteiger partial charge on any atom is -0.479 e. The summed E-state index contributed by atoms with van der Waals surface area (Å²) in [5, 5.41) is 42.5. The Morgan fingerprint density at radius 2 is 2.08 bits per heavy atom. The van der Waals surface area contributed by atoms with Crippen molar-refractivity contribution in [3.8, 4) is 23.2 Å². The fourth-order valence-corrected chi connectivity index (χ4v) is 5.03. The zero-order valence-electron chi connectivity index (χ0n) is 19.9. The number of aromatic nitrogens is 6. The minimum atomic E-state index is -1.31. The highest BCUT2D eigenvalue weighted by molar-refractivity contribution is 9.10.